The summed E-state index contributed by atoms with van der Waals surface area (Å²) < 4.78 is 2.10. The third-order valence-electron chi connectivity index (χ3n) is 3.78. The fourth-order valence-electron chi connectivity index (χ4n) is 2.30. The van der Waals surface area contributed by atoms with Crippen LogP contribution >= 0.6 is 0 Å². The van der Waals surface area contributed by atoms with Gasteiger partial charge in [-0.25, -0.2) is 4.98 Å². The van der Waals surface area contributed by atoms with Gasteiger partial charge >= 0.3 is 0 Å². The highest BCUT2D eigenvalue weighted by atomic mass is 15.2. The van der Waals surface area contributed by atoms with Gasteiger partial charge in [-0.2, -0.15) is 0 Å². The molecule has 1 N–H and O–H groups in total. The van der Waals surface area contributed by atoms with Crippen molar-refractivity contribution < 1.29 is 0 Å². The summed E-state index contributed by atoms with van der Waals surface area (Å²) in [5.41, 5.74) is 0. The summed E-state index contributed by atoms with van der Waals surface area (Å²) in [7, 11) is 4.27. The molecular formula is C14H26N4. The molecule has 1 fully saturated rings. The summed E-state index contributed by atoms with van der Waals surface area (Å²) in [6.07, 6.45) is 9.10. The first kappa shape index (κ1) is 13.6. The molecule has 0 radical (unpaired) electrons. The molecule has 0 bridgehead atoms. The van der Waals surface area contributed by atoms with Crippen LogP contribution in [0.4, 0.5) is 0 Å². The van der Waals surface area contributed by atoms with Gasteiger partial charge in [-0.3, -0.25) is 4.90 Å². The predicted molar refractivity (Wildman–Crippen MR) is 74.4 cm³/mol. The number of nitrogens with one attached hydrogen (secondary N) is 1. The second kappa shape index (κ2) is 6.34. The van der Waals surface area contributed by atoms with Crippen LogP contribution in [0.1, 0.15) is 38.4 Å². The van der Waals surface area contributed by atoms with Gasteiger partial charge in [0.15, 0.2) is 0 Å². The lowest BCUT2D eigenvalue weighted by Crippen LogP contribution is -2.40. The molecule has 1 unspecified atom stereocenters. The van der Waals surface area contributed by atoms with E-state index in [4.69, 9.17) is 0 Å². The number of hydrogen-bond donors (Lipinski definition) is 1. The molecule has 1 aromatic rings. The molecule has 2 rings (SSSR count). The normalized spacial score (nSPS) is 17.3. The van der Waals surface area contributed by atoms with E-state index in [-0.39, 0.29) is 0 Å². The van der Waals surface area contributed by atoms with Crippen LogP contribution < -0.4 is 5.32 Å². The van der Waals surface area contributed by atoms with Crippen LogP contribution in [-0.2, 0) is 13.6 Å². The van der Waals surface area contributed by atoms with E-state index in [1.165, 1.54) is 25.7 Å². The number of aryl methyl sites for hydroxylation is 1. The van der Waals surface area contributed by atoms with Gasteiger partial charge in [0.1, 0.15) is 5.82 Å². The Kier molecular flexibility index (Phi) is 4.78. The molecule has 18 heavy (non-hydrogen) atoms. The van der Waals surface area contributed by atoms with Gasteiger partial charge in [-0.1, -0.05) is 13.3 Å². The molecule has 0 aromatic carbocycles. The van der Waals surface area contributed by atoms with E-state index in [2.05, 4.69) is 40.8 Å². The first-order chi connectivity index (χ1) is 8.70. The van der Waals surface area contributed by atoms with Gasteiger partial charge in [0.25, 0.3) is 0 Å². The van der Waals surface area contributed by atoms with E-state index in [1.54, 1.807) is 0 Å². The molecule has 1 aliphatic carbocycles. The summed E-state index contributed by atoms with van der Waals surface area (Å²) >= 11 is 0. The maximum atomic E-state index is 4.41. The number of nitrogens with zero attached hydrogens (tertiary/aromatic N) is 3. The van der Waals surface area contributed by atoms with Crippen LogP contribution in [0.25, 0.3) is 0 Å². The van der Waals surface area contributed by atoms with Gasteiger partial charge in [-0.15, -0.1) is 0 Å². The van der Waals surface area contributed by atoms with Crippen LogP contribution in [0.5, 0.6) is 0 Å². The molecular weight excluding hydrogens is 224 g/mol. The molecule has 4 heteroatoms. The highest BCUT2D eigenvalue weighted by Gasteiger charge is 2.23. The highest BCUT2D eigenvalue weighted by molar-refractivity contribution is 4.92. The van der Waals surface area contributed by atoms with Crippen LogP contribution in [0.2, 0.25) is 0 Å². The van der Waals surface area contributed by atoms with E-state index in [0.29, 0.717) is 6.04 Å². The Bertz CT molecular complexity index is 356. The van der Waals surface area contributed by atoms with Gasteiger partial charge in [-0.05, 0) is 26.3 Å². The number of likely N-dealkylation sites (N-methyl/N-ethyl adjacent to an activating group) is 1. The molecule has 1 heterocycles. The lowest BCUT2D eigenvalue weighted by atomic mass is 10.1. The van der Waals surface area contributed by atoms with Crippen molar-refractivity contribution in [3.8, 4) is 0 Å². The largest absolute Gasteiger partial charge is 0.337 e. The monoisotopic (exact) mass is 250 g/mol. The molecule has 0 saturated heterocycles. The molecule has 1 atom stereocenters. The Labute approximate surface area is 110 Å². The Hall–Kier alpha value is -0.870. The molecule has 102 valence electrons. The van der Waals surface area contributed by atoms with Gasteiger partial charge < -0.3 is 9.88 Å². The van der Waals surface area contributed by atoms with Crippen molar-refractivity contribution in [1.82, 2.24) is 19.8 Å². The van der Waals surface area contributed by atoms with E-state index in [1.807, 2.05) is 12.4 Å². The lowest BCUT2D eigenvalue weighted by Gasteiger charge is -2.28. The molecule has 4 nitrogen and oxygen atoms in total. The SMILES string of the molecule is CCCC(CNC1CC1)N(C)Cc1nccn1C. The van der Waals surface area contributed by atoms with Crippen LogP contribution in [0, 0.1) is 0 Å². The van der Waals surface area contributed by atoms with Gasteiger partial charge in [0.2, 0.25) is 0 Å². The minimum absolute atomic E-state index is 0.618. The third kappa shape index (κ3) is 3.82. The second-order valence-electron chi connectivity index (χ2n) is 5.49. The van der Waals surface area contributed by atoms with E-state index >= 15 is 0 Å². The van der Waals surface area contributed by atoms with Gasteiger partial charge in [0, 0.05) is 38.1 Å². The number of rotatable bonds is 8. The quantitative estimate of drug-likeness (QED) is 0.763. The standard InChI is InChI=1S/C14H26N4/c1-4-5-13(10-16-12-6-7-12)18(3)11-14-15-8-9-17(14)2/h8-9,12-13,16H,4-7,10-11H2,1-3H3. The summed E-state index contributed by atoms with van der Waals surface area (Å²) in [5, 5.41) is 3.65. The summed E-state index contributed by atoms with van der Waals surface area (Å²) in [4.78, 5) is 6.84. The Morgan fingerprint density at radius 2 is 2.33 bits per heavy atom. The maximum Gasteiger partial charge on any atom is 0.122 e. The van der Waals surface area contributed by atoms with E-state index in [9.17, 15) is 0 Å². The van der Waals surface area contributed by atoms with Crippen molar-refractivity contribution in [2.24, 2.45) is 7.05 Å². The Morgan fingerprint density at radius 1 is 1.56 bits per heavy atom. The fraction of sp³-hybridized carbons (Fsp3) is 0.786. The maximum absolute atomic E-state index is 4.41. The van der Waals surface area contributed by atoms with Crippen LogP contribution in [-0.4, -0.2) is 40.1 Å². The summed E-state index contributed by atoms with van der Waals surface area (Å²) in [5.74, 6) is 1.14. The number of hydrogen-bond acceptors (Lipinski definition) is 3. The Balaban J connectivity index is 1.85. The number of imidazole rings is 1. The minimum Gasteiger partial charge on any atom is -0.337 e. The van der Waals surface area contributed by atoms with Crippen LogP contribution in [0.3, 0.4) is 0 Å². The highest BCUT2D eigenvalue weighted by Crippen LogP contribution is 2.19. The second-order valence-corrected chi connectivity index (χ2v) is 5.49. The molecule has 1 aromatic heterocycles. The van der Waals surface area contributed by atoms with Crippen molar-refractivity contribution in [2.75, 3.05) is 13.6 Å². The van der Waals surface area contributed by atoms with Crippen molar-refractivity contribution in [3.63, 3.8) is 0 Å². The fourth-order valence-corrected chi connectivity index (χ4v) is 2.30. The molecule has 1 saturated carbocycles. The molecule has 0 amide bonds. The molecule has 0 aliphatic heterocycles. The summed E-state index contributed by atoms with van der Waals surface area (Å²) in [6.45, 7) is 4.30. The smallest absolute Gasteiger partial charge is 0.122 e. The van der Waals surface area contributed by atoms with E-state index < -0.39 is 0 Å². The zero-order valence-corrected chi connectivity index (χ0v) is 11.9. The first-order valence-electron chi connectivity index (χ1n) is 7.10. The van der Waals surface area contributed by atoms with E-state index in [0.717, 1.165) is 25.0 Å². The average Bonchev–Trinajstić information content (AvgIpc) is 3.09. The molecule has 0 spiro atoms. The van der Waals surface area contributed by atoms with Gasteiger partial charge in [0.05, 0.1) is 6.54 Å². The zero-order chi connectivity index (χ0) is 13.0. The average molecular weight is 250 g/mol. The zero-order valence-electron chi connectivity index (χ0n) is 11.9. The van der Waals surface area contributed by atoms with Crippen molar-refractivity contribution >= 4 is 0 Å². The topological polar surface area (TPSA) is 33.1 Å². The van der Waals surface area contributed by atoms with Crippen molar-refractivity contribution in [3.05, 3.63) is 18.2 Å². The predicted octanol–water partition coefficient (Wildman–Crippen LogP) is 1.77. The molecule has 1 aliphatic rings. The van der Waals surface area contributed by atoms with Crippen LogP contribution in [0.15, 0.2) is 12.4 Å². The third-order valence-corrected chi connectivity index (χ3v) is 3.78. The van der Waals surface area contributed by atoms with Crippen molar-refractivity contribution in [1.29, 1.82) is 0 Å². The van der Waals surface area contributed by atoms with Crippen molar-refractivity contribution in [2.45, 2.75) is 51.2 Å². The lowest BCUT2D eigenvalue weighted by molar-refractivity contribution is 0.208. The first-order valence-corrected chi connectivity index (χ1v) is 7.10. The Morgan fingerprint density at radius 3 is 2.89 bits per heavy atom. The minimum atomic E-state index is 0.618. The summed E-state index contributed by atoms with van der Waals surface area (Å²) in [6, 6.07) is 1.42. The number of aromatic nitrogens is 2.